The number of halogens is 2. The number of hydrogen-bond donors (Lipinski definition) is 1. The number of hydrogen-bond acceptors (Lipinski definition) is 3. The summed E-state index contributed by atoms with van der Waals surface area (Å²) in [7, 11) is -3.66. The lowest BCUT2D eigenvalue weighted by atomic mass is 9.96. The van der Waals surface area contributed by atoms with E-state index in [0.717, 1.165) is 11.1 Å². The molecule has 1 heterocycles. The second-order valence-corrected chi connectivity index (χ2v) is 10.4. The van der Waals surface area contributed by atoms with Gasteiger partial charge in [0.25, 0.3) is 0 Å². The van der Waals surface area contributed by atoms with Crippen molar-refractivity contribution in [2.45, 2.75) is 51.9 Å². The van der Waals surface area contributed by atoms with Gasteiger partial charge in [-0.3, -0.25) is 4.79 Å². The third-order valence-corrected chi connectivity index (χ3v) is 7.51. The number of sulfonamides is 1. The smallest absolute Gasteiger partial charge is 0.225 e. The molecule has 0 spiro atoms. The molecule has 1 aliphatic rings. The van der Waals surface area contributed by atoms with Crippen molar-refractivity contribution in [2.75, 3.05) is 12.3 Å². The monoisotopic (exact) mass is 464 g/mol. The number of alkyl halides is 1. The predicted molar refractivity (Wildman–Crippen MR) is 122 cm³/mol. The molecule has 0 radical (unpaired) electrons. The molecule has 4 atom stereocenters. The minimum absolute atomic E-state index is 0.145. The fourth-order valence-corrected chi connectivity index (χ4v) is 4.94. The molecule has 1 aliphatic heterocycles. The summed E-state index contributed by atoms with van der Waals surface area (Å²) in [4.78, 5) is 14.5. The normalized spacial score (nSPS) is 22.2. The maximum Gasteiger partial charge on any atom is 0.225 e. The highest BCUT2D eigenvalue weighted by Gasteiger charge is 2.46. The van der Waals surface area contributed by atoms with Crippen LogP contribution < -0.4 is 4.72 Å². The summed E-state index contributed by atoms with van der Waals surface area (Å²) in [6.07, 6.45) is -0.608. The summed E-state index contributed by atoms with van der Waals surface area (Å²) in [6, 6.07) is 12.0. The number of carbonyl (C=O) groups is 1. The van der Waals surface area contributed by atoms with Crippen LogP contribution in [0.1, 0.15) is 32.8 Å². The molecule has 8 heteroatoms. The average molecular weight is 465 g/mol. The van der Waals surface area contributed by atoms with Crippen LogP contribution in [0.4, 0.5) is 8.78 Å². The minimum atomic E-state index is -3.66. The number of likely N-dealkylation sites (tertiary alicyclic amines) is 1. The molecule has 5 nitrogen and oxygen atoms in total. The second kappa shape index (κ2) is 10.1. The van der Waals surface area contributed by atoms with E-state index in [2.05, 4.69) is 4.72 Å². The van der Waals surface area contributed by atoms with Gasteiger partial charge in [0, 0.05) is 5.92 Å². The minimum Gasteiger partial charge on any atom is -0.334 e. The van der Waals surface area contributed by atoms with Crippen LogP contribution in [0.3, 0.4) is 0 Å². The Balaban J connectivity index is 1.94. The van der Waals surface area contributed by atoms with Gasteiger partial charge in [0.05, 0.1) is 24.4 Å². The van der Waals surface area contributed by atoms with Crippen molar-refractivity contribution >= 4 is 15.9 Å². The van der Waals surface area contributed by atoms with Crippen molar-refractivity contribution in [3.05, 3.63) is 59.9 Å². The van der Waals surface area contributed by atoms with Gasteiger partial charge in [0.15, 0.2) is 0 Å². The van der Waals surface area contributed by atoms with Crippen LogP contribution >= 0.6 is 0 Å². The van der Waals surface area contributed by atoms with Gasteiger partial charge in [0.2, 0.25) is 15.9 Å². The topological polar surface area (TPSA) is 66.5 Å². The molecule has 1 amide bonds. The van der Waals surface area contributed by atoms with E-state index < -0.39 is 28.3 Å². The third-order valence-electron chi connectivity index (χ3n) is 6.12. The van der Waals surface area contributed by atoms with E-state index in [4.69, 9.17) is 0 Å². The van der Waals surface area contributed by atoms with Gasteiger partial charge in [-0.2, -0.15) is 0 Å². The zero-order valence-corrected chi connectivity index (χ0v) is 19.4. The van der Waals surface area contributed by atoms with Gasteiger partial charge in [0.1, 0.15) is 12.0 Å². The first-order valence-corrected chi connectivity index (χ1v) is 12.6. The zero-order valence-electron chi connectivity index (χ0n) is 18.6. The van der Waals surface area contributed by atoms with Crippen LogP contribution in [0, 0.1) is 11.7 Å². The predicted octanol–water partition coefficient (Wildman–Crippen LogP) is 3.94. The molecular formula is C24H30F2N2O3S. The molecule has 32 heavy (non-hydrogen) atoms. The Morgan fingerprint density at radius 3 is 2.44 bits per heavy atom. The largest absolute Gasteiger partial charge is 0.334 e. The molecule has 3 rings (SSSR count). The molecule has 0 bridgehead atoms. The molecular weight excluding hydrogens is 434 g/mol. The van der Waals surface area contributed by atoms with E-state index in [1.807, 2.05) is 31.2 Å². The molecule has 1 fully saturated rings. The molecule has 1 N–H and O–H groups in total. The van der Waals surface area contributed by atoms with E-state index in [1.165, 1.54) is 24.0 Å². The van der Waals surface area contributed by atoms with Crippen molar-refractivity contribution in [1.29, 1.82) is 0 Å². The van der Waals surface area contributed by atoms with Gasteiger partial charge in [-0.15, -0.1) is 0 Å². The van der Waals surface area contributed by atoms with Crippen LogP contribution in [0.2, 0.25) is 0 Å². The van der Waals surface area contributed by atoms with E-state index in [-0.39, 0.29) is 36.4 Å². The Morgan fingerprint density at radius 2 is 1.81 bits per heavy atom. The van der Waals surface area contributed by atoms with Crippen LogP contribution in [-0.4, -0.2) is 49.8 Å². The first-order valence-electron chi connectivity index (χ1n) is 10.9. The summed E-state index contributed by atoms with van der Waals surface area (Å²) in [6.45, 7) is 5.03. The Hall–Kier alpha value is -2.32. The fraction of sp³-hybridized carbons (Fsp3) is 0.458. The molecule has 2 aromatic carbocycles. The standard InChI is InChI=1S/C24H30F2N2O3S/c1-4-16(3)24(29)28-15-21(26)23(27-32(30,31)5-2)22(28)13-17-8-6-9-18(12-17)19-10-7-11-20(25)14-19/h6-12,14,16,21-23,27H,4-5,13,15H2,1-3H3/t16?,21-,22-,23-/m0/s1. The molecule has 0 aromatic heterocycles. The first kappa shape index (κ1) is 24.3. The van der Waals surface area contributed by atoms with Crippen molar-refractivity contribution in [1.82, 2.24) is 9.62 Å². The van der Waals surface area contributed by atoms with E-state index in [0.29, 0.717) is 12.0 Å². The first-order chi connectivity index (χ1) is 15.1. The van der Waals surface area contributed by atoms with Crippen LogP contribution in [0.25, 0.3) is 11.1 Å². The molecule has 1 unspecified atom stereocenters. The number of nitrogens with one attached hydrogen (secondary N) is 1. The Labute approximate surface area is 188 Å². The number of rotatable bonds is 8. The van der Waals surface area contributed by atoms with Crippen molar-refractivity contribution in [3.63, 3.8) is 0 Å². The van der Waals surface area contributed by atoms with Gasteiger partial charge < -0.3 is 4.90 Å². The van der Waals surface area contributed by atoms with E-state index in [9.17, 15) is 17.6 Å². The summed E-state index contributed by atoms with van der Waals surface area (Å²) >= 11 is 0. The third kappa shape index (κ3) is 5.53. The van der Waals surface area contributed by atoms with E-state index >= 15 is 4.39 Å². The highest BCUT2D eigenvalue weighted by atomic mass is 32.2. The van der Waals surface area contributed by atoms with Crippen molar-refractivity contribution in [3.8, 4) is 11.1 Å². The van der Waals surface area contributed by atoms with Crippen LogP contribution in [0.5, 0.6) is 0 Å². The lowest BCUT2D eigenvalue weighted by molar-refractivity contribution is -0.136. The number of amides is 1. The van der Waals surface area contributed by atoms with Crippen molar-refractivity contribution in [2.24, 2.45) is 5.92 Å². The lowest BCUT2D eigenvalue weighted by Gasteiger charge is -2.30. The van der Waals surface area contributed by atoms with Crippen molar-refractivity contribution < 1.29 is 22.0 Å². The summed E-state index contributed by atoms with van der Waals surface area (Å²) in [5, 5.41) is 0. The van der Waals surface area contributed by atoms with Gasteiger partial charge in [-0.25, -0.2) is 21.9 Å². The van der Waals surface area contributed by atoms with E-state index in [1.54, 1.807) is 19.1 Å². The highest BCUT2D eigenvalue weighted by molar-refractivity contribution is 7.89. The maximum atomic E-state index is 15.0. The Morgan fingerprint density at radius 1 is 1.16 bits per heavy atom. The quantitative estimate of drug-likeness (QED) is 0.644. The summed E-state index contributed by atoms with van der Waals surface area (Å²) in [5.74, 6) is -0.982. The molecule has 0 aliphatic carbocycles. The number of benzene rings is 2. The van der Waals surface area contributed by atoms with Gasteiger partial charge >= 0.3 is 0 Å². The Kier molecular flexibility index (Phi) is 7.67. The molecule has 2 aromatic rings. The molecule has 1 saturated heterocycles. The molecule has 0 saturated carbocycles. The van der Waals surface area contributed by atoms with Gasteiger partial charge in [-0.1, -0.05) is 50.2 Å². The number of nitrogens with zero attached hydrogens (tertiary/aromatic N) is 1. The van der Waals surface area contributed by atoms with Crippen LogP contribution in [-0.2, 0) is 21.2 Å². The lowest BCUT2D eigenvalue weighted by Crippen LogP contribution is -2.50. The number of carbonyl (C=O) groups excluding carboxylic acids is 1. The zero-order chi connectivity index (χ0) is 23.5. The second-order valence-electron chi connectivity index (χ2n) is 8.35. The fourth-order valence-electron chi connectivity index (χ4n) is 4.05. The summed E-state index contributed by atoms with van der Waals surface area (Å²) < 4.78 is 55.6. The van der Waals surface area contributed by atoms with Crippen LogP contribution in [0.15, 0.2) is 48.5 Å². The average Bonchev–Trinajstić information content (AvgIpc) is 3.07. The Bertz CT molecular complexity index is 1060. The van der Waals surface area contributed by atoms with Gasteiger partial charge in [-0.05, 0) is 48.6 Å². The summed E-state index contributed by atoms with van der Waals surface area (Å²) in [5.41, 5.74) is 2.31. The SMILES string of the molecule is CCC(C)C(=O)N1C[C@H](F)[C@H](NS(=O)(=O)CC)[C@@H]1Cc1cccc(-c2cccc(F)c2)c1. The molecule has 174 valence electrons. The maximum absolute atomic E-state index is 15.0. The highest BCUT2D eigenvalue weighted by Crippen LogP contribution is 2.29.